The Bertz CT molecular complexity index is 656. The van der Waals surface area contributed by atoms with E-state index in [2.05, 4.69) is 15.3 Å². The molecule has 1 fully saturated rings. The number of hydrogen-bond acceptors (Lipinski definition) is 4. The number of amides is 1. The Labute approximate surface area is 136 Å². The number of dihydropyridines is 2. The first-order chi connectivity index (χ1) is 11.0. The van der Waals surface area contributed by atoms with E-state index in [1.807, 2.05) is 26.0 Å². The normalized spacial score (nSPS) is 29.3. The molecule has 0 bridgehead atoms. The number of hydrogen-bond donors (Lipinski definition) is 1. The lowest BCUT2D eigenvalue weighted by atomic mass is 9.99. The summed E-state index contributed by atoms with van der Waals surface area (Å²) in [4.78, 5) is 25.1. The number of carbonyl (C=O) groups is 1. The molecular formula is C17H22N4O2. The summed E-state index contributed by atoms with van der Waals surface area (Å²) >= 11 is 0. The molecule has 0 aromatic carbocycles. The lowest BCUT2D eigenvalue weighted by Gasteiger charge is -2.31. The zero-order valence-corrected chi connectivity index (χ0v) is 13.7. The number of allylic oxidation sites excluding steroid dienone is 2. The van der Waals surface area contributed by atoms with E-state index in [-0.39, 0.29) is 24.2 Å². The van der Waals surface area contributed by atoms with Crippen LogP contribution in [0.15, 0.2) is 38.3 Å². The molecule has 1 saturated heterocycles. The first-order valence-electron chi connectivity index (χ1n) is 8.05. The molecule has 23 heavy (non-hydrogen) atoms. The summed E-state index contributed by atoms with van der Waals surface area (Å²) in [5.41, 5.74) is 2.11. The highest BCUT2D eigenvalue weighted by Crippen LogP contribution is 2.20. The van der Waals surface area contributed by atoms with Crippen molar-refractivity contribution in [2.45, 2.75) is 45.4 Å². The van der Waals surface area contributed by atoms with Gasteiger partial charge in [0.25, 0.3) is 5.91 Å². The van der Waals surface area contributed by atoms with E-state index in [1.54, 1.807) is 13.1 Å². The second-order valence-corrected chi connectivity index (χ2v) is 6.23. The summed E-state index contributed by atoms with van der Waals surface area (Å²) in [6.07, 6.45) is 6.46. The van der Waals surface area contributed by atoms with Crippen LogP contribution in [0, 0.1) is 0 Å². The predicted octanol–water partition coefficient (Wildman–Crippen LogP) is 1.48. The Morgan fingerprint density at radius 1 is 1.43 bits per heavy atom. The molecule has 0 aliphatic carbocycles. The molecule has 0 aromatic rings. The second-order valence-electron chi connectivity index (χ2n) is 6.23. The van der Waals surface area contributed by atoms with Crippen molar-refractivity contribution in [2.75, 3.05) is 13.1 Å². The fourth-order valence-electron chi connectivity index (χ4n) is 2.88. The lowest BCUT2D eigenvalue weighted by molar-refractivity contribution is -0.114. The number of carbonyl (C=O) groups excluding carboxylic acids is 1. The van der Waals surface area contributed by atoms with Crippen LogP contribution in [0.1, 0.15) is 27.2 Å². The van der Waals surface area contributed by atoms with Crippen molar-refractivity contribution in [3.05, 3.63) is 23.3 Å². The highest BCUT2D eigenvalue weighted by molar-refractivity contribution is 6.53. The summed E-state index contributed by atoms with van der Waals surface area (Å²) in [6, 6.07) is 0.0231. The molecule has 3 rings (SSSR count). The van der Waals surface area contributed by atoms with E-state index in [0.717, 1.165) is 25.1 Å². The Balaban J connectivity index is 1.87. The number of amidine groups is 1. The topological polar surface area (TPSA) is 75.4 Å². The minimum atomic E-state index is -0.220. The fourth-order valence-corrected chi connectivity index (χ4v) is 2.88. The van der Waals surface area contributed by atoms with Gasteiger partial charge in [-0.05, 0) is 45.9 Å². The molecule has 6 nitrogen and oxygen atoms in total. The van der Waals surface area contributed by atoms with E-state index in [1.165, 1.54) is 0 Å². The molecule has 0 aromatic heterocycles. The molecule has 0 unspecified atom stereocenters. The van der Waals surface area contributed by atoms with Crippen molar-refractivity contribution in [3.8, 4) is 0 Å². The molecule has 6 heteroatoms. The summed E-state index contributed by atoms with van der Waals surface area (Å²) < 4.78 is 5.96. The molecule has 2 atom stereocenters. The van der Waals surface area contributed by atoms with Crippen LogP contribution in [0.25, 0.3) is 0 Å². The number of nitrogens with zero attached hydrogens (tertiary/aromatic N) is 3. The molecule has 122 valence electrons. The first-order valence-corrected chi connectivity index (χ1v) is 8.05. The SMILES string of the molecule is CC1=CC2=CC=NC(=N[C@@H]3CCNC[C@H]3OC(C)C)C2=NC1=O. The van der Waals surface area contributed by atoms with Gasteiger partial charge in [-0.1, -0.05) is 0 Å². The maximum Gasteiger partial charge on any atom is 0.273 e. The van der Waals surface area contributed by atoms with Gasteiger partial charge in [0.1, 0.15) is 5.71 Å². The molecule has 0 radical (unpaired) electrons. The third-order valence-corrected chi connectivity index (χ3v) is 3.99. The van der Waals surface area contributed by atoms with Gasteiger partial charge in [-0.3, -0.25) is 9.79 Å². The summed E-state index contributed by atoms with van der Waals surface area (Å²) in [5, 5.41) is 3.34. The highest BCUT2D eigenvalue weighted by Gasteiger charge is 2.29. The van der Waals surface area contributed by atoms with Crippen LogP contribution in [0.3, 0.4) is 0 Å². The van der Waals surface area contributed by atoms with Gasteiger partial charge in [-0.15, -0.1) is 0 Å². The van der Waals surface area contributed by atoms with E-state index in [9.17, 15) is 4.79 Å². The minimum absolute atomic E-state index is 0.0120. The molecule has 3 heterocycles. The molecule has 1 amide bonds. The molecule has 0 saturated carbocycles. The van der Waals surface area contributed by atoms with Crippen molar-refractivity contribution < 1.29 is 9.53 Å². The molecule has 3 aliphatic rings. The quantitative estimate of drug-likeness (QED) is 0.857. The molecular weight excluding hydrogens is 292 g/mol. The smallest absolute Gasteiger partial charge is 0.273 e. The number of piperidine rings is 1. The van der Waals surface area contributed by atoms with Crippen LogP contribution >= 0.6 is 0 Å². The maximum absolute atomic E-state index is 11.9. The molecule has 1 N–H and O–H groups in total. The van der Waals surface area contributed by atoms with Gasteiger partial charge in [0.15, 0.2) is 5.84 Å². The van der Waals surface area contributed by atoms with Crippen LogP contribution in [0.4, 0.5) is 0 Å². The van der Waals surface area contributed by atoms with Gasteiger partial charge in [0, 0.05) is 23.9 Å². The summed E-state index contributed by atoms with van der Waals surface area (Å²) in [5.74, 6) is 0.311. The number of nitrogens with one attached hydrogen (secondary N) is 1. The van der Waals surface area contributed by atoms with Crippen molar-refractivity contribution in [3.63, 3.8) is 0 Å². The predicted molar refractivity (Wildman–Crippen MR) is 91.5 cm³/mol. The van der Waals surface area contributed by atoms with E-state index in [0.29, 0.717) is 17.1 Å². The van der Waals surface area contributed by atoms with Gasteiger partial charge >= 0.3 is 0 Å². The third kappa shape index (κ3) is 3.54. The van der Waals surface area contributed by atoms with Gasteiger partial charge in [-0.25, -0.2) is 9.98 Å². The Morgan fingerprint density at radius 3 is 3.04 bits per heavy atom. The van der Waals surface area contributed by atoms with E-state index < -0.39 is 0 Å². The van der Waals surface area contributed by atoms with Crippen LogP contribution in [0.2, 0.25) is 0 Å². The number of rotatable bonds is 3. The van der Waals surface area contributed by atoms with Crippen LogP contribution < -0.4 is 5.32 Å². The monoisotopic (exact) mass is 314 g/mol. The number of ether oxygens (including phenoxy) is 1. The van der Waals surface area contributed by atoms with Gasteiger partial charge in [-0.2, -0.15) is 0 Å². The average Bonchev–Trinajstić information content (AvgIpc) is 2.50. The first kappa shape index (κ1) is 16.0. The van der Waals surface area contributed by atoms with Crippen molar-refractivity contribution >= 4 is 23.7 Å². The lowest BCUT2D eigenvalue weighted by Crippen LogP contribution is -2.46. The standard InChI is InChI=1S/C17H22N4O2/c1-10(2)23-14-9-18-6-5-13(14)20-16-15-12(4-7-19-16)8-11(3)17(22)21-15/h4,7-8,10,13-14,18H,5-6,9H2,1-3H3/t13-,14-/m1/s1. The van der Waals surface area contributed by atoms with E-state index in [4.69, 9.17) is 9.73 Å². The Kier molecular flexibility index (Phi) is 4.63. The maximum atomic E-state index is 11.9. The third-order valence-electron chi connectivity index (χ3n) is 3.99. The van der Waals surface area contributed by atoms with Gasteiger partial charge in [0.05, 0.1) is 18.2 Å². The molecule has 0 spiro atoms. The van der Waals surface area contributed by atoms with Gasteiger partial charge < -0.3 is 10.1 Å². The van der Waals surface area contributed by atoms with Crippen molar-refractivity contribution in [2.24, 2.45) is 15.0 Å². The largest absolute Gasteiger partial charge is 0.372 e. The van der Waals surface area contributed by atoms with Crippen molar-refractivity contribution in [1.82, 2.24) is 5.32 Å². The number of fused-ring (bicyclic) bond motifs is 1. The fraction of sp³-hybridized carbons (Fsp3) is 0.529. The summed E-state index contributed by atoms with van der Waals surface area (Å²) in [6.45, 7) is 7.49. The number of aliphatic imine (C=N–C) groups is 3. The molecule has 3 aliphatic heterocycles. The van der Waals surface area contributed by atoms with Crippen LogP contribution in [-0.2, 0) is 9.53 Å². The van der Waals surface area contributed by atoms with Crippen LogP contribution in [0.5, 0.6) is 0 Å². The van der Waals surface area contributed by atoms with Gasteiger partial charge in [0.2, 0.25) is 0 Å². The highest BCUT2D eigenvalue weighted by atomic mass is 16.5. The summed E-state index contributed by atoms with van der Waals surface area (Å²) in [7, 11) is 0. The minimum Gasteiger partial charge on any atom is -0.372 e. The van der Waals surface area contributed by atoms with E-state index >= 15 is 0 Å². The zero-order valence-electron chi connectivity index (χ0n) is 13.7. The van der Waals surface area contributed by atoms with Crippen molar-refractivity contribution in [1.29, 1.82) is 0 Å². The Hall–Kier alpha value is -1.92. The average molecular weight is 314 g/mol. The zero-order chi connectivity index (χ0) is 16.4. The van der Waals surface area contributed by atoms with Crippen LogP contribution in [-0.4, -0.2) is 55.0 Å². The second kappa shape index (κ2) is 6.68. The Morgan fingerprint density at radius 2 is 2.26 bits per heavy atom.